The minimum atomic E-state index is 0.594. The van der Waals surface area contributed by atoms with Gasteiger partial charge in [0.15, 0.2) is 0 Å². The lowest BCUT2D eigenvalue weighted by Gasteiger charge is -2.25. The largest absolute Gasteiger partial charge is 0.343 e. The van der Waals surface area contributed by atoms with Gasteiger partial charge < -0.3 is 4.90 Å². The Kier molecular flexibility index (Phi) is 6.85. The van der Waals surface area contributed by atoms with Crippen LogP contribution in [0.4, 0.5) is 11.4 Å². The first-order valence-corrected chi connectivity index (χ1v) is 12.2. The molecule has 1 N–H and O–H groups in total. The predicted molar refractivity (Wildman–Crippen MR) is 142 cm³/mol. The third kappa shape index (κ3) is 4.32. The Bertz CT molecular complexity index is 1160. The fraction of sp³-hybridized carbons (Fsp3) is 0.217. The van der Waals surface area contributed by atoms with E-state index in [4.69, 9.17) is 4.98 Å². The van der Waals surface area contributed by atoms with Crippen molar-refractivity contribution in [2.75, 3.05) is 11.9 Å². The first-order chi connectivity index (χ1) is 15.0. The summed E-state index contributed by atoms with van der Waals surface area (Å²) in [6.45, 7) is 4.33. The van der Waals surface area contributed by atoms with Crippen LogP contribution in [0.5, 0.6) is 0 Å². The highest BCUT2D eigenvalue weighted by Gasteiger charge is 2.19. The second-order valence-electron chi connectivity index (χ2n) is 7.08. The molecule has 0 amide bonds. The zero-order valence-corrected chi connectivity index (χ0v) is 21.8. The second kappa shape index (κ2) is 9.60. The second-order valence-corrected chi connectivity index (χ2v) is 9.23. The van der Waals surface area contributed by atoms with Gasteiger partial charge in [-0.15, -0.1) is 10.2 Å². The van der Waals surface area contributed by atoms with Crippen molar-refractivity contribution < 1.29 is 0 Å². The number of hydrogen-bond donors (Lipinski definition) is 1. The predicted octanol–water partition coefficient (Wildman–Crippen LogP) is 6.03. The molecule has 31 heavy (non-hydrogen) atoms. The summed E-state index contributed by atoms with van der Waals surface area (Å²) >= 11 is 4.87. The van der Waals surface area contributed by atoms with Gasteiger partial charge in [0.25, 0.3) is 0 Å². The summed E-state index contributed by atoms with van der Waals surface area (Å²) in [5.41, 5.74) is 7.82. The van der Waals surface area contributed by atoms with Crippen molar-refractivity contribution in [1.82, 2.24) is 25.6 Å². The normalized spacial score (nSPS) is 11.0. The number of aryl methyl sites for hydroxylation is 2. The average molecular weight is 636 g/mol. The summed E-state index contributed by atoms with van der Waals surface area (Å²) in [5, 5.41) is 14.5. The van der Waals surface area contributed by atoms with Crippen molar-refractivity contribution in [3.05, 3.63) is 67.1 Å². The zero-order valence-electron chi connectivity index (χ0n) is 17.5. The first-order valence-electron chi connectivity index (χ1n) is 10.1. The number of nitrogens with zero attached hydrogens (tertiary/aromatic N) is 5. The maximum atomic E-state index is 4.87. The van der Waals surface area contributed by atoms with E-state index in [1.54, 1.807) is 0 Å². The third-order valence-electron chi connectivity index (χ3n) is 5.28. The number of hydrogen-bond acceptors (Lipinski definition) is 5. The number of halogens is 2. The lowest BCUT2D eigenvalue weighted by atomic mass is 9.99. The number of H-pyrrole nitrogens is 1. The number of rotatable bonds is 6. The Morgan fingerprint density at radius 3 is 2.03 bits per heavy atom. The van der Waals surface area contributed by atoms with E-state index in [1.807, 2.05) is 18.2 Å². The highest BCUT2D eigenvalue weighted by atomic mass is 127. The van der Waals surface area contributed by atoms with Crippen LogP contribution in [0, 0.1) is 7.14 Å². The van der Waals surface area contributed by atoms with E-state index in [0.29, 0.717) is 5.82 Å². The van der Waals surface area contributed by atoms with Crippen LogP contribution in [0.25, 0.3) is 22.5 Å². The van der Waals surface area contributed by atoms with Gasteiger partial charge in [0.05, 0.1) is 24.2 Å². The van der Waals surface area contributed by atoms with E-state index in [2.05, 4.69) is 122 Å². The fourth-order valence-corrected chi connectivity index (χ4v) is 6.38. The van der Waals surface area contributed by atoms with Crippen molar-refractivity contribution in [3.63, 3.8) is 0 Å². The highest BCUT2D eigenvalue weighted by molar-refractivity contribution is 14.1. The number of aromatic nitrogens is 5. The molecule has 2 aromatic heterocycles. The standard InChI is InChI=1S/C23H22I2N6/c1-4-18-20(24)22(21(25)19(5-2)26-18)31(3)15-12-10-14(11-13-15)16-8-6-7-9-17(16)23-27-29-30-28-23/h6-13H,4-5H2,1-3H3,(H,27,28,29,30). The molecule has 4 aromatic rings. The lowest BCUT2D eigenvalue weighted by Crippen LogP contribution is -2.16. The number of aromatic amines is 1. The van der Waals surface area contributed by atoms with E-state index in [0.717, 1.165) is 46.6 Å². The topological polar surface area (TPSA) is 70.6 Å². The van der Waals surface area contributed by atoms with Gasteiger partial charge in [-0.3, -0.25) is 4.98 Å². The molecule has 2 aromatic carbocycles. The van der Waals surface area contributed by atoms with Crippen LogP contribution >= 0.6 is 45.2 Å². The molecule has 0 fully saturated rings. The van der Waals surface area contributed by atoms with Crippen LogP contribution in [0.1, 0.15) is 25.2 Å². The van der Waals surface area contributed by atoms with Crippen LogP contribution in [0.2, 0.25) is 0 Å². The van der Waals surface area contributed by atoms with Gasteiger partial charge in [0.1, 0.15) is 0 Å². The third-order valence-corrected chi connectivity index (χ3v) is 7.54. The van der Waals surface area contributed by atoms with Gasteiger partial charge in [-0.1, -0.05) is 50.2 Å². The van der Waals surface area contributed by atoms with Crippen molar-refractivity contribution >= 4 is 56.6 Å². The van der Waals surface area contributed by atoms with Crippen molar-refractivity contribution in [2.24, 2.45) is 0 Å². The maximum absolute atomic E-state index is 4.87. The number of nitrogens with one attached hydrogen (secondary N) is 1. The molecule has 158 valence electrons. The molecule has 4 rings (SSSR count). The molecule has 6 nitrogen and oxygen atoms in total. The summed E-state index contributed by atoms with van der Waals surface area (Å²) in [6, 6.07) is 16.7. The minimum absolute atomic E-state index is 0.594. The quantitative estimate of drug-likeness (QED) is 0.262. The average Bonchev–Trinajstić information content (AvgIpc) is 3.34. The maximum Gasteiger partial charge on any atom is 0.205 e. The summed E-state index contributed by atoms with van der Waals surface area (Å²) in [7, 11) is 2.13. The Hall–Kier alpha value is -2.08. The molecule has 0 saturated carbocycles. The number of tetrazole rings is 1. The van der Waals surface area contributed by atoms with Gasteiger partial charge in [-0.25, -0.2) is 0 Å². The number of anilines is 2. The Morgan fingerprint density at radius 2 is 1.48 bits per heavy atom. The van der Waals surface area contributed by atoms with Crippen molar-refractivity contribution in [1.29, 1.82) is 0 Å². The van der Waals surface area contributed by atoms with Crippen LogP contribution in [-0.4, -0.2) is 32.7 Å². The summed E-state index contributed by atoms with van der Waals surface area (Å²) in [5.74, 6) is 0.594. The molecular weight excluding hydrogens is 614 g/mol. The van der Waals surface area contributed by atoms with Crippen LogP contribution in [0.15, 0.2) is 48.5 Å². The molecular formula is C23H22I2N6. The van der Waals surface area contributed by atoms with Gasteiger partial charge in [0, 0.05) is 18.3 Å². The molecule has 0 aliphatic carbocycles. The zero-order chi connectivity index (χ0) is 22.0. The fourth-order valence-electron chi connectivity index (χ4n) is 3.59. The molecule has 0 atom stereocenters. The molecule has 0 unspecified atom stereocenters. The Labute approximate surface area is 209 Å². The van der Waals surface area contributed by atoms with Crippen LogP contribution in [0.3, 0.4) is 0 Å². The minimum Gasteiger partial charge on any atom is -0.343 e. The molecule has 8 heteroatoms. The summed E-state index contributed by atoms with van der Waals surface area (Å²) < 4.78 is 2.44. The monoisotopic (exact) mass is 636 g/mol. The molecule has 2 heterocycles. The molecule has 0 bridgehead atoms. The van der Waals surface area contributed by atoms with E-state index >= 15 is 0 Å². The Morgan fingerprint density at radius 1 is 0.871 bits per heavy atom. The number of pyridine rings is 1. The van der Waals surface area contributed by atoms with E-state index < -0.39 is 0 Å². The van der Waals surface area contributed by atoms with E-state index in [9.17, 15) is 0 Å². The molecule has 0 radical (unpaired) electrons. The van der Waals surface area contributed by atoms with Crippen molar-refractivity contribution in [2.45, 2.75) is 26.7 Å². The number of benzene rings is 2. The van der Waals surface area contributed by atoms with Crippen molar-refractivity contribution in [3.8, 4) is 22.5 Å². The van der Waals surface area contributed by atoms with Crippen LogP contribution < -0.4 is 4.90 Å². The Balaban J connectivity index is 1.72. The van der Waals surface area contributed by atoms with Gasteiger partial charge >= 0.3 is 0 Å². The van der Waals surface area contributed by atoms with Gasteiger partial charge in [-0.05, 0) is 86.5 Å². The van der Waals surface area contributed by atoms with Gasteiger partial charge in [0.2, 0.25) is 5.82 Å². The smallest absolute Gasteiger partial charge is 0.205 e. The summed E-state index contributed by atoms with van der Waals surface area (Å²) in [4.78, 5) is 7.13. The first kappa shape index (κ1) is 22.1. The molecule has 0 spiro atoms. The van der Waals surface area contributed by atoms with Crippen LogP contribution in [-0.2, 0) is 12.8 Å². The SMILES string of the molecule is CCc1nc(CC)c(I)c(N(C)c2ccc(-c3ccccc3-c3nn[nH]n3)cc2)c1I. The van der Waals surface area contributed by atoms with Gasteiger partial charge in [-0.2, -0.15) is 5.21 Å². The van der Waals surface area contributed by atoms with E-state index in [-0.39, 0.29) is 0 Å². The summed E-state index contributed by atoms with van der Waals surface area (Å²) in [6.07, 6.45) is 1.85. The highest BCUT2D eigenvalue weighted by Crippen LogP contribution is 2.37. The molecule has 0 aliphatic rings. The molecule has 0 aliphatic heterocycles. The molecule has 0 saturated heterocycles. The van der Waals surface area contributed by atoms with E-state index in [1.165, 1.54) is 12.8 Å². The lowest BCUT2D eigenvalue weighted by molar-refractivity contribution is 0.881.